The van der Waals surface area contributed by atoms with E-state index >= 15 is 0 Å². The van der Waals surface area contributed by atoms with E-state index in [1.807, 2.05) is 0 Å². The minimum atomic E-state index is -3.84. The van der Waals surface area contributed by atoms with E-state index in [0.717, 1.165) is 5.56 Å². The summed E-state index contributed by atoms with van der Waals surface area (Å²) < 4.78 is 48.8. The smallest absolute Gasteiger partial charge is 0.257 e. The molecule has 1 saturated heterocycles. The second-order valence-electron chi connectivity index (χ2n) is 7.19. The average molecular weight is 454 g/mol. The monoisotopic (exact) mass is 453 g/mol. The Kier molecular flexibility index (Phi) is 6.87. The van der Waals surface area contributed by atoms with Crippen molar-refractivity contribution in [2.75, 3.05) is 47.6 Å². The lowest BCUT2D eigenvalue weighted by atomic mass is 10.1. The zero-order chi connectivity index (χ0) is 22.8. The molecule has 0 radical (unpaired) electrons. The number of methoxy groups -OCH3 is 2. The van der Waals surface area contributed by atoms with Gasteiger partial charge in [-0.2, -0.15) is 4.31 Å². The number of ether oxygens (including phenoxy) is 3. The Balaban J connectivity index is 2.01. The molecule has 0 aliphatic carbocycles. The van der Waals surface area contributed by atoms with E-state index in [1.165, 1.54) is 35.6 Å². The van der Waals surface area contributed by atoms with Crippen LogP contribution in [0.15, 0.2) is 21.6 Å². The first-order valence-electron chi connectivity index (χ1n) is 9.71. The molecule has 1 aliphatic heterocycles. The average Bonchev–Trinajstić information content (AvgIpc) is 3.09. The van der Waals surface area contributed by atoms with Crippen molar-refractivity contribution in [3.8, 4) is 11.5 Å². The van der Waals surface area contributed by atoms with Gasteiger partial charge in [0.25, 0.3) is 5.91 Å². The van der Waals surface area contributed by atoms with Crippen molar-refractivity contribution < 1.29 is 31.9 Å². The Labute approximate surface area is 181 Å². The summed E-state index contributed by atoms with van der Waals surface area (Å²) in [6.07, 6.45) is 0. The number of aryl methyl sites for hydroxylation is 2. The van der Waals surface area contributed by atoms with Gasteiger partial charge in [-0.15, -0.1) is 0 Å². The predicted octanol–water partition coefficient (Wildman–Crippen LogP) is 1.60. The normalized spacial score (nSPS) is 15.0. The highest BCUT2D eigenvalue weighted by atomic mass is 32.2. The van der Waals surface area contributed by atoms with Gasteiger partial charge in [-0.05, 0) is 19.9 Å². The third-order valence-electron chi connectivity index (χ3n) is 5.21. The molecule has 1 aliphatic rings. The van der Waals surface area contributed by atoms with Crippen LogP contribution in [0, 0.1) is 13.8 Å². The first kappa shape index (κ1) is 23.0. The second kappa shape index (κ2) is 9.25. The van der Waals surface area contributed by atoms with E-state index < -0.39 is 15.9 Å². The van der Waals surface area contributed by atoms with Crippen molar-refractivity contribution >= 4 is 15.9 Å². The molecule has 31 heavy (non-hydrogen) atoms. The first-order chi connectivity index (χ1) is 14.7. The molecule has 1 amide bonds. The van der Waals surface area contributed by atoms with Crippen molar-refractivity contribution in [2.45, 2.75) is 25.3 Å². The van der Waals surface area contributed by atoms with Gasteiger partial charge >= 0.3 is 0 Å². The van der Waals surface area contributed by atoms with Crippen molar-refractivity contribution in [2.24, 2.45) is 0 Å². The van der Waals surface area contributed by atoms with Crippen LogP contribution in [0.3, 0.4) is 0 Å². The van der Waals surface area contributed by atoms with Crippen LogP contribution in [-0.2, 0) is 21.3 Å². The highest BCUT2D eigenvalue weighted by molar-refractivity contribution is 7.89. The fraction of sp³-hybridized carbons (Fsp3) is 0.500. The number of hydrogen-bond acceptors (Lipinski definition) is 8. The number of carbonyl (C=O) groups excluding carboxylic acids is 1. The molecule has 0 saturated carbocycles. The number of rotatable bonds is 7. The van der Waals surface area contributed by atoms with Gasteiger partial charge in [-0.25, -0.2) is 8.42 Å². The van der Waals surface area contributed by atoms with Crippen molar-refractivity contribution in [3.05, 3.63) is 34.7 Å². The van der Waals surface area contributed by atoms with Crippen LogP contribution < -0.4 is 9.47 Å². The maximum Gasteiger partial charge on any atom is 0.257 e. The third kappa shape index (κ3) is 4.53. The number of benzene rings is 1. The summed E-state index contributed by atoms with van der Waals surface area (Å²) in [5, 5.41) is 3.91. The highest BCUT2D eigenvalue weighted by Gasteiger charge is 2.31. The predicted molar refractivity (Wildman–Crippen MR) is 111 cm³/mol. The summed E-state index contributed by atoms with van der Waals surface area (Å²) in [6.45, 7) is 4.93. The largest absolute Gasteiger partial charge is 0.493 e. The number of carbonyl (C=O) groups is 1. The maximum atomic E-state index is 13.3. The molecule has 0 bridgehead atoms. The molecule has 0 unspecified atom stereocenters. The lowest BCUT2D eigenvalue weighted by molar-refractivity contribution is 0.0730. The van der Waals surface area contributed by atoms with Crippen LogP contribution in [0.1, 0.15) is 27.4 Å². The summed E-state index contributed by atoms with van der Waals surface area (Å²) in [4.78, 5) is 14.7. The third-order valence-corrected chi connectivity index (χ3v) is 7.09. The summed E-state index contributed by atoms with van der Waals surface area (Å²) in [6, 6.07) is 2.70. The number of hydrogen-bond donors (Lipinski definition) is 0. The molecule has 1 aromatic carbocycles. The van der Waals surface area contributed by atoms with Crippen LogP contribution in [0.4, 0.5) is 0 Å². The van der Waals surface area contributed by atoms with Gasteiger partial charge in [0.15, 0.2) is 11.5 Å². The van der Waals surface area contributed by atoms with Gasteiger partial charge in [0.1, 0.15) is 5.76 Å². The number of aromatic nitrogens is 1. The molecule has 2 heterocycles. The van der Waals surface area contributed by atoms with Crippen LogP contribution in [0.2, 0.25) is 0 Å². The Morgan fingerprint density at radius 3 is 2.42 bits per heavy atom. The molecular formula is C20H27N3O7S. The summed E-state index contributed by atoms with van der Waals surface area (Å²) >= 11 is 0. The number of sulfonamides is 1. The molecule has 170 valence electrons. The molecule has 0 spiro atoms. The first-order valence-corrected chi connectivity index (χ1v) is 11.2. The molecule has 1 fully saturated rings. The molecule has 10 nitrogen and oxygen atoms in total. The quantitative estimate of drug-likeness (QED) is 0.622. The highest BCUT2D eigenvalue weighted by Crippen LogP contribution is 2.36. The molecule has 0 N–H and O–H groups in total. The van der Waals surface area contributed by atoms with E-state index in [4.69, 9.17) is 18.7 Å². The summed E-state index contributed by atoms with van der Waals surface area (Å²) in [5.74, 6) is 0.518. The van der Waals surface area contributed by atoms with Crippen LogP contribution >= 0.6 is 0 Å². The lowest BCUT2D eigenvalue weighted by Crippen LogP contribution is -2.40. The second-order valence-corrected chi connectivity index (χ2v) is 9.12. The Morgan fingerprint density at radius 2 is 1.87 bits per heavy atom. The van der Waals surface area contributed by atoms with Gasteiger partial charge in [0.2, 0.25) is 10.0 Å². The standard InChI is InChI=1S/C20H27N3O7S/c1-13-17(14(2)30-21-13)12-22(3)20(24)16-10-15(11-18(27-4)19(16)28-5)31(25,26)23-6-8-29-9-7-23/h10-11H,6-9,12H2,1-5H3. The van der Waals surface area contributed by atoms with Gasteiger partial charge in [0, 0.05) is 31.8 Å². The van der Waals surface area contributed by atoms with Crippen LogP contribution in [0.5, 0.6) is 11.5 Å². The SMILES string of the molecule is COc1cc(S(=O)(=O)N2CCOCC2)cc(C(=O)N(C)Cc2c(C)noc2C)c1OC. The van der Waals surface area contributed by atoms with E-state index in [2.05, 4.69) is 5.16 Å². The number of nitrogens with zero attached hydrogens (tertiary/aromatic N) is 3. The number of morpholine rings is 1. The topological polar surface area (TPSA) is 111 Å². The molecule has 1 aromatic heterocycles. The van der Waals surface area contributed by atoms with Crippen LogP contribution in [-0.4, -0.2) is 76.3 Å². The summed E-state index contributed by atoms with van der Waals surface area (Å²) in [7, 11) is 0.567. The molecule has 2 aromatic rings. The van der Waals surface area contributed by atoms with E-state index in [-0.39, 0.29) is 41.6 Å². The fourth-order valence-corrected chi connectivity index (χ4v) is 4.88. The van der Waals surface area contributed by atoms with Gasteiger partial charge in [-0.1, -0.05) is 5.16 Å². The van der Waals surface area contributed by atoms with Gasteiger partial charge in [-0.3, -0.25) is 4.79 Å². The van der Waals surface area contributed by atoms with Crippen molar-refractivity contribution in [1.29, 1.82) is 0 Å². The minimum Gasteiger partial charge on any atom is -0.493 e. The van der Waals surface area contributed by atoms with E-state index in [0.29, 0.717) is 24.7 Å². The zero-order valence-corrected chi connectivity index (χ0v) is 19.1. The zero-order valence-electron chi connectivity index (χ0n) is 18.3. The Morgan fingerprint density at radius 1 is 1.19 bits per heavy atom. The van der Waals surface area contributed by atoms with Crippen LogP contribution in [0.25, 0.3) is 0 Å². The molecular weight excluding hydrogens is 426 g/mol. The van der Waals surface area contributed by atoms with Crippen molar-refractivity contribution in [3.63, 3.8) is 0 Å². The summed E-state index contributed by atoms with van der Waals surface area (Å²) in [5.41, 5.74) is 1.56. The lowest BCUT2D eigenvalue weighted by Gasteiger charge is -2.27. The Hall–Kier alpha value is -2.63. The fourth-order valence-electron chi connectivity index (χ4n) is 3.43. The molecule has 3 rings (SSSR count). The molecule has 11 heteroatoms. The molecule has 0 atom stereocenters. The minimum absolute atomic E-state index is 0.0406. The number of amides is 1. The Bertz CT molecular complexity index is 1040. The van der Waals surface area contributed by atoms with Crippen molar-refractivity contribution in [1.82, 2.24) is 14.4 Å². The maximum absolute atomic E-state index is 13.3. The van der Waals surface area contributed by atoms with E-state index in [9.17, 15) is 13.2 Å². The van der Waals surface area contributed by atoms with Gasteiger partial charge < -0.3 is 23.6 Å². The van der Waals surface area contributed by atoms with E-state index in [1.54, 1.807) is 20.9 Å². The van der Waals surface area contributed by atoms with Gasteiger partial charge in [0.05, 0.1) is 50.1 Å².